The van der Waals surface area contributed by atoms with Crippen LogP contribution in [0.1, 0.15) is 59.4 Å². The number of nitrogens with zero attached hydrogens (tertiary/aromatic N) is 1. The van der Waals surface area contributed by atoms with Crippen LogP contribution < -0.4 is 37.1 Å². The van der Waals surface area contributed by atoms with Gasteiger partial charge in [-0.1, -0.05) is 39.8 Å². The molecule has 17 nitrogen and oxygen atoms in total. The molecule has 0 aliphatic heterocycles. The van der Waals surface area contributed by atoms with Crippen molar-refractivity contribution in [2.24, 2.45) is 17.6 Å². The Hall–Kier alpha value is -5.74. The van der Waals surface area contributed by atoms with Crippen molar-refractivity contribution >= 4 is 47.2 Å². The lowest BCUT2D eigenvalue weighted by Crippen LogP contribution is -2.57. The summed E-state index contributed by atoms with van der Waals surface area (Å²) in [6.45, 7) is 8.53. The molecule has 6 amide bonds. The predicted octanol–water partition coefficient (Wildman–Crippen LogP) is 2.87. The Bertz CT molecular complexity index is 1500. The molecule has 0 heterocycles. The van der Waals surface area contributed by atoms with Gasteiger partial charge in [0, 0.05) is 31.3 Å². The zero-order chi connectivity index (χ0) is 37.4. The Morgan fingerprint density at radius 1 is 0.840 bits per heavy atom. The topological polar surface area (TPSA) is 250 Å². The van der Waals surface area contributed by atoms with Crippen molar-refractivity contribution in [3.05, 3.63) is 64.2 Å². The highest BCUT2D eigenvalue weighted by atomic mass is 16.7. The van der Waals surface area contributed by atoms with Gasteiger partial charge in [-0.15, -0.1) is 0 Å². The maximum Gasteiger partial charge on any atom is 0.514 e. The fraction of sp³-hybridized carbons (Fsp3) is 0.455. The quantitative estimate of drug-likeness (QED) is 0.0436. The first-order valence-electron chi connectivity index (χ1n) is 16.0. The van der Waals surface area contributed by atoms with Crippen LogP contribution in [0.4, 0.5) is 21.0 Å². The van der Waals surface area contributed by atoms with Crippen LogP contribution in [0.5, 0.6) is 5.75 Å². The molecule has 2 aromatic carbocycles. The molecule has 17 heteroatoms. The largest absolute Gasteiger partial charge is 0.514 e. The van der Waals surface area contributed by atoms with Gasteiger partial charge >= 0.3 is 12.2 Å². The first kappa shape index (κ1) is 40.4. The number of anilines is 1. The van der Waals surface area contributed by atoms with Crippen LogP contribution in [0.2, 0.25) is 0 Å². The molecule has 0 saturated heterocycles. The Morgan fingerprint density at radius 2 is 1.48 bits per heavy atom. The van der Waals surface area contributed by atoms with Crippen LogP contribution in [0.15, 0.2) is 48.5 Å². The number of amides is 6. The summed E-state index contributed by atoms with van der Waals surface area (Å²) in [7, 11) is 0. The van der Waals surface area contributed by atoms with Gasteiger partial charge in [0.2, 0.25) is 23.6 Å². The van der Waals surface area contributed by atoms with Crippen LogP contribution in [-0.4, -0.2) is 65.4 Å². The number of rotatable bonds is 18. The highest BCUT2D eigenvalue weighted by molar-refractivity contribution is 5.99. The van der Waals surface area contributed by atoms with Gasteiger partial charge in [-0.05, 0) is 60.9 Å². The maximum atomic E-state index is 13.5. The van der Waals surface area contributed by atoms with Crippen molar-refractivity contribution in [1.29, 1.82) is 0 Å². The third-order valence-corrected chi connectivity index (χ3v) is 7.08. The first-order valence-corrected chi connectivity index (χ1v) is 16.0. The third kappa shape index (κ3) is 14.6. The fourth-order valence-electron chi connectivity index (χ4n) is 4.60. The van der Waals surface area contributed by atoms with Gasteiger partial charge in [-0.25, -0.2) is 9.59 Å². The molecule has 0 bridgehead atoms. The van der Waals surface area contributed by atoms with E-state index in [1.54, 1.807) is 38.1 Å². The summed E-state index contributed by atoms with van der Waals surface area (Å²) in [6, 6.07) is 7.48. The molecule has 2 rings (SSSR count). The second-order valence-corrected chi connectivity index (χ2v) is 12.2. The molecule has 0 aliphatic carbocycles. The molecule has 0 spiro atoms. The van der Waals surface area contributed by atoms with E-state index in [9.17, 15) is 38.9 Å². The van der Waals surface area contributed by atoms with E-state index in [1.165, 1.54) is 31.2 Å². The molecule has 0 unspecified atom stereocenters. The minimum absolute atomic E-state index is 0.0631. The van der Waals surface area contributed by atoms with E-state index in [0.717, 1.165) is 0 Å². The number of hydrogen-bond acceptors (Lipinski definition) is 10. The molecular formula is C33H45N7O10. The number of non-ortho nitro benzene ring substituents is 1. The van der Waals surface area contributed by atoms with E-state index >= 15 is 0 Å². The number of urea groups is 1. The molecule has 50 heavy (non-hydrogen) atoms. The van der Waals surface area contributed by atoms with Gasteiger partial charge in [0.25, 0.3) is 5.69 Å². The second-order valence-electron chi connectivity index (χ2n) is 12.2. The third-order valence-electron chi connectivity index (χ3n) is 7.08. The minimum Gasteiger partial charge on any atom is -0.429 e. The summed E-state index contributed by atoms with van der Waals surface area (Å²) >= 11 is 0. The number of nitro benzene ring substituents is 1. The summed E-state index contributed by atoms with van der Waals surface area (Å²) in [5.74, 6) is -2.34. The van der Waals surface area contributed by atoms with Crippen molar-refractivity contribution < 1.29 is 43.2 Å². The van der Waals surface area contributed by atoms with E-state index in [1.807, 2.05) is 13.8 Å². The standard InChI is InChI=1S/C33H45N7O10/c1-19(2)17-27(36-21(5)41)30(43)39-28(20(3)4)31(44)38-26(7-6-16-35-32(34)45)29(42)37-23-10-8-22(9-11-23)18-49-33(46)50-25-14-12-24(13-15-25)40(47)48/h8-15,19-20,26-28H,6-7,16-18H2,1-5H3,(H,36,41)(H,37,42)(H,38,44)(H,39,43)(H3,34,35,45)/t26-,27-,28-/m0/s1. The molecule has 272 valence electrons. The smallest absolute Gasteiger partial charge is 0.429 e. The van der Waals surface area contributed by atoms with Gasteiger partial charge in [-0.3, -0.25) is 29.3 Å². The number of carbonyl (C=O) groups excluding carboxylic acids is 6. The monoisotopic (exact) mass is 699 g/mol. The van der Waals surface area contributed by atoms with E-state index in [4.69, 9.17) is 15.2 Å². The molecule has 0 saturated carbocycles. The highest BCUT2D eigenvalue weighted by Crippen LogP contribution is 2.18. The molecule has 7 N–H and O–H groups in total. The normalized spacial score (nSPS) is 12.5. The van der Waals surface area contributed by atoms with E-state index in [0.29, 0.717) is 17.7 Å². The first-order chi connectivity index (χ1) is 23.5. The second kappa shape index (κ2) is 19.9. The summed E-state index contributed by atoms with van der Waals surface area (Å²) in [4.78, 5) is 85.0. The SMILES string of the molecule is CC(=O)N[C@@H](CC(C)C)C(=O)N[C@H](C(=O)N[C@@H](CCCNC(N)=O)C(=O)Nc1ccc(COC(=O)Oc2ccc([N+](=O)[O-])cc2)cc1)C(C)C. The van der Waals surface area contributed by atoms with Gasteiger partial charge < -0.3 is 41.8 Å². The van der Waals surface area contributed by atoms with Gasteiger partial charge in [-0.2, -0.15) is 0 Å². The lowest BCUT2D eigenvalue weighted by molar-refractivity contribution is -0.384. The number of nitrogens with two attached hydrogens (primary N) is 1. The number of nitro groups is 1. The van der Waals surface area contributed by atoms with Crippen LogP contribution in [0.25, 0.3) is 0 Å². The molecule has 2 aromatic rings. The van der Waals surface area contributed by atoms with Crippen molar-refractivity contribution in [3.8, 4) is 5.75 Å². The Morgan fingerprint density at radius 3 is 2.02 bits per heavy atom. The van der Waals surface area contributed by atoms with Crippen LogP contribution in [0, 0.1) is 22.0 Å². The fourth-order valence-corrected chi connectivity index (χ4v) is 4.60. The maximum absolute atomic E-state index is 13.5. The van der Waals surface area contributed by atoms with Crippen LogP contribution in [-0.2, 0) is 30.5 Å². The summed E-state index contributed by atoms with van der Waals surface area (Å²) in [5, 5.41) is 24.0. The Kier molecular flexibility index (Phi) is 16.1. The Labute approximate surface area is 289 Å². The zero-order valence-electron chi connectivity index (χ0n) is 28.6. The van der Waals surface area contributed by atoms with Crippen molar-refractivity contribution in [1.82, 2.24) is 21.3 Å². The van der Waals surface area contributed by atoms with Crippen molar-refractivity contribution in [3.63, 3.8) is 0 Å². The zero-order valence-corrected chi connectivity index (χ0v) is 28.6. The van der Waals surface area contributed by atoms with Gasteiger partial charge in [0.15, 0.2) is 0 Å². The van der Waals surface area contributed by atoms with Crippen molar-refractivity contribution in [2.45, 2.75) is 78.6 Å². The van der Waals surface area contributed by atoms with Gasteiger partial charge in [0.1, 0.15) is 30.5 Å². The van der Waals surface area contributed by atoms with Gasteiger partial charge in [0.05, 0.1) is 4.92 Å². The van der Waals surface area contributed by atoms with E-state index in [2.05, 4.69) is 26.6 Å². The molecule has 0 fully saturated rings. The van der Waals surface area contributed by atoms with Crippen LogP contribution in [0.3, 0.4) is 0 Å². The number of carbonyl (C=O) groups is 6. The molecule has 3 atom stereocenters. The highest BCUT2D eigenvalue weighted by Gasteiger charge is 2.31. The number of nitrogens with one attached hydrogen (secondary N) is 5. The predicted molar refractivity (Wildman–Crippen MR) is 182 cm³/mol. The van der Waals surface area contributed by atoms with E-state index in [-0.39, 0.29) is 55.2 Å². The van der Waals surface area contributed by atoms with Crippen molar-refractivity contribution in [2.75, 3.05) is 11.9 Å². The number of hydrogen-bond donors (Lipinski definition) is 6. The summed E-state index contributed by atoms with van der Waals surface area (Å²) in [6.07, 6.45) is -0.276. The lowest BCUT2D eigenvalue weighted by atomic mass is 9.99. The van der Waals surface area contributed by atoms with Crippen LogP contribution >= 0.6 is 0 Å². The molecule has 0 aliphatic rings. The average Bonchev–Trinajstić information content (AvgIpc) is 3.03. The summed E-state index contributed by atoms with van der Waals surface area (Å²) < 4.78 is 10.1. The number of primary amides is 1. The molecule has 0 radical (unpaired) electrons. The number of benzene rings is 2. The lowest BCUT2D eigenvalue weighted by Gasteiger charge is -2.27. The molecular weight excluding hydrogens is 654 g/mol. The summed E-state index contributed by atoms with van der Waals surface area (Å²) in [5.41, 5.74) is 5.89. The minimum atomic E-state index is -1.07. The molecule has 0 aromatic heterocycles. The Balaban J connectivity index is 2.07. The van der Waals surface area contributed by atoms with E-state index < -0.39 is 53.0 Å². The average molecular weight is 700 g/mol. The number of ether oxygens (including phenoxy) is 2.